The van der Waals surface area contributed by atoms with E-state index < -0.39 is 16.1 Å². The molecule has 1 aromatic carbocycles. The summed E-state index contributed by atoms with van der Waals surface area (Å²) in [6, 6.07) is 4.14. The van der Waals surface area contributed by atoms with Crippen molar-refractivity contribution in [1.82, 2.24) is 23.4 Å². The summed E-state index contributed by atoms with van der Waals surface area (Å²) in [6.07, 6.45) is 0.618. The van der Waals surface area contributed by atoms with Crippen molar-refractivity contribution in [3.8, 4) is 0 Å². The van der Waals surface area contributed by atoms with Gasteiger partial charge in [-0.05, 0) is 19.1 Å². The van der Waals surface area contributed by atoms with Gasteiger partial charge in [0, 0.05) is 24.1 Å². The fraction of sp³-hybridized carbons (Fsp3) is 0.375. The number of fused-ring (bicyclic) bond motifs is 1. The second-order valence-electron chi connectivity index (χ2n) is 6.19. The number of aryl methyl sites for hydroxylation is 1. The van der Waals surface area contributed by atoms with Gasteiger partial charge in [-0.1, -0.05) is 6.07 Å². The second kappa shape index (κ2) is 8.03. The first-order valence-corrected chi connectivity index (χ1v) is 12.7. The molecule has 3 heterocycles. The summed E-state index contributed by atoms with van der Waals surface area (Å²) in [7, 11) is -3.86. The Morgan fingerprint density at radius 2 is 2.21 bits per heavy atom. The van der Waals surface area contributed by atoms with Gasteiger partial charge >= 0.3 is 0 Å². The first kappa shape index (κ1) is 19.7. The van der Waals surface area contributed by atoms with Gasteiger partial charge in [0.1, 0.15) is 22.0 Å². The van der Waals surface area contributed by atoms with Gasteiger partial charge in [-0.2, -0.15) is 13.1 Å². The zero-order valence-corrected chi connectivity index (χ0v) is 18.1. The van der Waals surface area contributed by atoms with Crippen LogP contribution >= 0.6 is 34.8 Å². The van der Waals surface area contributed by atoms with Crippen molar-refractivity contribution in [2.75, 3.05) is 18.2 Å². The Labute approximate surface area is 174 Å². The van der Waals surface area contributed by atoms with Crippen LogP contribution in [0, 0.1) is 6.92 Å². The summed E-state index contributed by atoms with van der Waals surface area (Å²) >= 11 is 3.96. The molecule has 0 radical (unpaired) electrons. The number of rotatable bonds is 6. The molecule has 1 aliphatic rings. The molecule has 28 heavy (non-hydrogen) atoms. The number of sulfonamides is 1. The molecule has 3 aromatic rings. The minimum atomic E-state index is -3.86. The molecular weight excluding hydrogens is 438 g/mol. The first-order valence-electron chi connectivity index (χ1n) is 8.46. The fourth-order valence-electron chi connectivity index (χ4n) is 2.94. The number of thioether (sulfide) groups is 1. The van der Waals surface area contributed by atoms with Crippen LogP contribution in [0.3, 0.4) is 0 Å². The van der Waals surface area contributed by atoms with Gasteiger partial charge in [-0.25, -0.2) is 13.4 Å². The lowest BCUT2D eigenvalue weighted by atomic mass is 10.3. The number of benzene rings is 1. The Hall–Kier alpha value is -1.60. The van der Waals surface area contributed by atoms with Crippen LogP contribution < -0.4 is 5.32 Å². The molecule has 4 rings (SSSR count). The van der Waals surface area contributed by atoms with Crippen LogP contribution in [-0.2, 0) is 21.2 Å². The fourth-order valence-corrected chi connectivity index (χ4v) is 7.49. The topological polar surface area (TPSA) is 105 Å². The highest BCUT2D eigenvalue weighted by Crippen LogP contribution is 2.31. The standard InChI is InChI=1S/C16H17N5O3S4/c1-10-18-11(7-26-10)5-6-17-16(22)13-8-25-9-21(13)28(23,24)14-4-2-3-12-15(14)20-27-19-12/h2-4,7,13H,5-6,8-9H2,1H3,(H,17,22)/t13-/m1/s1. The monoisotopic (exact) mass is 455 g/mol. The normalized spacial score (nSPS) is 18.0. The molecular formula is C16H17N5O3S4. The molecule has 0 bridgehead atoms. The third kappa shape index (κ3) is 3.79. The van der Waals surface area contributed by atoms with E-state index in [1.807, 2.05) is 12.3 Å². The Morgan fingerprint density at radius 1 is 1.36 bits per heavy atom. The SMILES string of the molecule is Cc1nc(CCNC(=O)[C@H]2CSCN2S(=O)(=O)c2cccc3nsnc23)cs1. The lowest BCUT2D eigenvalue weighted by Gasteiger charge is -2.22. The Morgan fingerprint density at radius 3 is 3.00 bits per heavy atom. The number of nitrogens with one attached hydrogen (secondary N) is 1. The number of amides is 1. The summed E-state index contributed by atoms with van der Waals surface area (Å²) in [5, 5.41) is 5.80. The van der Waals surface area contributed by atoms with Crippen LogP contribution in [0.15, 0.2) is 28.5 Å². The van der Waals surface area contributed by atoms with Gasteiger partial charge in [0.25, 0.3) is 0 Å². The molecule has 0 aliphatic carbocycles. The largest absolute Gasteiger partial charge is 0.354 e. The van der Waals surface area contributed by atoms with Crippen molar-refractivity contribution in [1.29, 1.82) is 0 Å². The van der Waals surface area contributed by atoms with E-state index in [4.69, 9.17) is 0 Å². The highest BCUT2D eigenvalue weighted by Gasteiger charge is 2.40. The molecule has 12 heteroatoms. The Kier molecular flexibility index (Phi) is 5.65. The lowest BCUT2D eigenvalue weighted by Crippen LogP contribution is -2.47. The summed E-state index contributed by atoms with van der Waals surface area (Å²) < 4.78 is 35.9. The van der Waals surface area contributed by atoms with Crippen LogP contribution in [0.1, 0.15) is 10.7 Å². The second-order valence-corrected chi connectivity index (χ2v) is 10.6. The van der Waals surface area contributed by atoms with E-state index in [0.717, 1.165) is 22.4 Å². The van der Waals surface area contributed by atoms with E-state index >= 15 is 0 Å². The number of aromatic nitrogens is 3. The van der Waals surface area contributed by atoms with Gasteiger partial charge in [-0.15, -0.1) is 23.1 Å². The molecule has 1 atom stereocenters. The van der Waals surface area contributed by atoms with Crippen molar-refractivity contribution in [2.45, 2.75) is 24.3 Å². The molecule has 1 fully saturated rings. The maximum Gasteiger partial charge on any atom is 0.246 e. The van der Waals surface area contributed by atoms with Crippen molar-refractivity contribution >= 4 is 61.8 Å². The molecule has 0 unspecified atom stereocenters. The third-order valence-corrected chi connectivity index (χ3v) is 8.75. The quantitative estimate of drug-likeness (QED) is 0.605. The first-order chi connectivity index (χ1) is 13.5. The number of nitrogens with zero attached hydrogens (tertiary/aromatic N) is 4. The van der Waals surface area contributed by atoms with E-state index in [0.29, 0.717) is 29.8 Å². The molecule has 1 aliphatic heterocycles. The van der Waals surface area contributed by atoms with Crippen LogP contribution in [0.5, 0.6) is 0 Å². The van der Waals surface area contributed by atoms with Crippen LogP contribution in [0.2, 0.25) is 0 Å². The van der Waals surface area contributed by atoms with Crippen LogP contribution in [-0.4, -0.2) is 56.6 Å². The predicted octanol–water partition coefficient (Wildman–Crippen LogP) is 1.88. The minimum absolute atomic E-state index is 0.0944. The average Bonchev–Trinajstić information content (AvgIpc) is 3.41. The Bertz CT molecular complexity index is 1110. The molecule has 1 amide bonds. The van der Waals surface area contributed by atoms with Gasteiger partial charge in [0.15, 0.2) is 0 Å². The molecule has 0 spiro atoms. The van der Waals surface area contributed by atoms with E-state index in [2.05, 4.69) is 19.0 Å². The van der Waals surface area contributed by atoms with E-state index in [1.54, 1.807) is 23.5 Å². The predicted molar refractivity (Wildman–Crippen MR) is 111 cm³/mol. The van der Waals surface area contributed by atoms with Gasteiger partial charge < -0.3 is 5.32 Å². The van der Waals surface area contributed by atoms with Crippen molar-refractivity contribution in [3.63, 3.8) is 0 Å². The number of hydrogen-bond donors (Lipinski definition) is 1. The summed E-state index contributed by atoms with van der Waals surface area (Å²) in [5.41, 5.74) is 1.82. The zero-order valence-electron chi connectivity index (χ0n) is 14.9. The lowest BCUT2D eigenvalue weighted by molar-refractivity contribution is -0.123. The van der Waals surface area contributed by atoms with Gasteiger partial charge in [0.2, 0.25) is 15.9 Å². The maximum atomic E-state index is 13.2. The van der Waals surface area contributed by atoms with Crippen LogP contribution in [0.4, 0.5) is 0 Å². The van der Waals surface area contributed by atoms with E-state index in [1.165, 1.54) is 22.1 Å². The molecule has 148 valence electrons. The molecule has 0 saturated carbocycles. The van der Waals surface area contributed by atoms with Gasteiger partial charge in [0.05, 0.1) is 28.3 Å². The van der Waals surface area contributed by atoms with E-state index in [-0.39, 0.29) is 16.7 Å². The zero-order chi connectivity index (χ0) is 19.7. The molecule has 2 aromatic heterocycles. The molecule has 1 saturated heterocycles. The van der Waals surface area contributed by atoms with Crippen LogP contribution in [0.25, 0.3) is 11.0 Å². The van der Waals surface area contributed by atoms with Crippen molar-refractivity contribution < 1.29 is 13.2 Å². The maximum absolute atomic E-state index is 13.2. The number of carbonyl (C=O) groups is 1. The summed E-state index contributed by atoms with van der Waals surface area (Å²) in [6.45, 7) is 2.35. The summed E-state index contributed by atoms with van der Waals surface area (Å²) in [5.74, 6) is 0.371. The number of thiazole rings is 1. The smallest absolute Gasteiger partial charge is 0.246 e. The third-order valence-electron chi connectivity index (χ3n) is 4.33. The average molecular weight is 456 g/mol. The van der Waals surface area contributed by atoms with Crippen molar-refractivity contribution in [3.05, 3.63) is 34.3 Å². The van der Waals surface area contributed by atoms with E-state index in [9.17, 15) is 13.2 Å². The highest BCUT2D eigenvalue weighted by atomic mass is 32.2. The van der Waals surface area contributed by atoms with Gasteiger partial charge in [-0.3, -0.25) is 4.79 Å². The molecule has 1 N–H and O–H groups in total. The number of hydrogen-bond acceptors (Lipinski definition) is 9. The molecule has 8 nitrogen and oxygen atoms in total. The summed E-state index contributed by atoms with van der Waals surface area (Å²) in [4.78, 5) is 17.1. The minimum Gasteiger partial charge on any atom is -0.354 e. The number of carbonyl (C=O) groups excluding carboxylic acids is 1. The van der Waals surface area contributed by atoms with Crippen molar-refractivity contribution in [2.24, 2.45) is 0 Å². The Balaban J connectivity index is 1.49. The highest BCUT2D eigenvalue weighted by molar-refractivity contribution is 8.00.